The summed E-state index contributed by atoms with van der Waals surface area (Å²) >= 11 is 0. The van der Waals surface area contributed by atoms with Crippen LogP contribution in [-0.2, 0) is 9.59 Å². The minimum Gasteiger partial charge on any atom is -0.296 e. The maximum atomic E-state index is 12.0. The molecule has 0 aromatic rings. The molecule has 1 aliphatic carbocycles. The summed E-state index contributed by atoms with van der Waals surface area (Å²) in [6.45, 7) is 9.03. The molecule has 1 heterocycles. The number of hydrogen-bond donors (Lipinski definition) is 1. The average molecular weight is 279 g/mol. The summed E-state index contributed by atoms with van der Waals surface area (Å²) in [5, 5.41) is 2.50. The molecule has 0 aromatic carbocycles. The fraction of sp³-hybridized carbons (Fsp3) is 0.882. The highest BCUT2D eigenvalue weighted by molar-refractivity contribution is 5.99. The molecule has 1 saturated heterocycles. The van der Waals surface area contributed by atoms with Gasteiger partial charge in [0.05, 0.1) is 0 Å². The molecule has 20 heavy (non-hydrogen) atoms. The van der Waals surface area contributed by atoms with E-state index in [1.165, 1.54) is 25.7 Å². The average Bonchev–Trinajstić information content (AvgIpc) is 2.37. The molecule has 114 valence electrons. The lowest BCUT2D eigenvalue weighted by Crippen LogP contribution is -2.48. The Hall–Kier alpha value is -0.860. The van der Waals surface area contributed by atoms with E-state index < -0.39 is 0 Å². The van der Waals surface area contributed by atoms with Crippen LogP contribution in [0.25, 0.3) is 0 Å². The molecule has 2 rings (SSSR count). The Morgan fingerprint density at radius 2 is 1.70 bits per heavy atom. The van der Waals surface area contributed by atoms with Crippen molar-refractivity contribution in [2.75, 3.05) is 0 Å². The Morgan fingerprint density at radius 3 is 2.20 bits per heavy atom. The van der Waals surface area contributed by atoms with E-state index in [2.05, 4.69) is 33.0 Å². The minimum absolute atomic E-state index is 0.0355. The van der Waals surface area contributed by atoms with E-state index in [-0.39, 0.29) is 23.7 Å². The van der Waals surface area contributed by atoms with E-state index >= 15 is 0 Å². The SMILES string of the molecule is CCC1C(=O)NC(=O)CC1C1CCC(C(C)(C)C)CC1. The van der Waals surface area contributed by atoms with E-state index in [0.717, 1.165) is 12.3 Å². The van der Waals surface area contributed by atoms with Crippen LogP contribution in [0.3, 0.4) is 0 Å². The van der Waals surface area contributed by atoms with E-state index in [4.69, 9.17) is 0 Å². The topological polar surface area (TPSA) is 46.2 Å². The third-order valence-electron chi connectivity index (χ3n) is 5.58. The predicted molar refractivity (Wildman–Crippen MR) is 79.9 cm³/mol. The van der Waals surface area contributed by atoms with Crippen molar-refractivity contribution in [3.8, 4) is 0 Å². The van der Waals surface area contributed by atoms with Gasteiger partial charge >= 0.3 is 0 Å². The Morgan fingerprint density at radius 1 is 1.10 bits per heavy atom. The van der Waals surface area contributed by atoms with Crippen molar-refractivity contribution in [1.82, 2.24) is 5.32 Å². The number of imide groups is 1. The van der Waals surface area contributed by atoms with Crippen molar-refractivity contribution in [2.45, 2.75) is 66.2 Å². The van der Waals surface area contributed by atoms with E-state index in [1.54, 1.807) is 0 Å². The van der Waals surface area contributed by atoms with Crippen LogP contribution >= 0.6 is 0 Å². The zero-order valence-corrected chi connectivity index (χ0v) is 13.4. The van der Waals surface area contributed by atoms with Crippen LogP contribution in [0.4, 0.5) is 0 Å². The summed E-state index contributed by atoms with van der Waals surface area (Å²) in [7, 11) is 0. The summed E-state index contributed by atoms with van der Waals surface area (Å²) in [6, 6.07) is 0. The van der Waals surface area contributed by atoms with Gasteiger partial charge in [0.2, 0.25) is 11.8 Å². The minimum atomic E-state index is -0.0670. The lowest BCUT2D eigenvalue weighted by atomic mass is 9.64. The van der Waals surface area contributed by atoms with Gasteiger partial charge in [0.15, 0.2) is 0 Å². The number of carbonyl (C=O) groups excluding carboxylic acids is 2. The molecule has 1 saturated carbocycles. The number of hydrogen-bond acceptors (Lipinski definition) is 2. The van der Waals surface area contributed by atoms with Crippen LogP contribution in [0.1, 0.15) is 66.2 Å². The van der Waals surface area contributed by atoms with Gasteiger partial charge in [0.1, 0.15) is 0 Å². The first-order chi connectivity index (χ1) is 9.32. The summed E-state index contributed by atoms with van der Waals surface area (Å²) < 4.78 is 0. The van der Waals surface area contributed by atoms with Crippen molar-refractivity contribution >= 4 is 11.8 Å². The second-order valence-electron chi connectivity index (χ2n) is 7.77. The monoisotopic (exact) mass is 279 g/mol. The molecule has 3 nitrogen and oxygen atoms in total. The molecule has 0 radical (unpaired) electrons. The summed E-state index contributed by atoms with van der Waals surface area (Å²) in [5.74, 6) is 1.57. The second kappa shape index (κ2) is 5.87. The maximum Gasteiger partial charge on any atom is 0.229 e. The van der Waals surface area contributed by atoms with Gasteiger partial charge in [-0.25, -0.2) is 0 Å². The molecule has 2 aliphatic rings. The molecule has 2 atom stereocenters. The van der Waals surface area contributed by atoms with Crippen LogP contribution in [0, 0.1) is 29.1 Å². The molecule has 0 bridgehead atoms. The number of rotatable bonds is 2. The summed E-state index contributed by atoms with van der Waals surface area (Å²) in [4.78, 5) is 23.7. The number of nitrogens with one attached hydrogen (secondary N) is 1. The van der Waals surface area contributed by atoms with Gasteiger partial charge in [-0.15, -0.1) is 0 Å². The first kappa shape index (κ1) is 15.5. The van der Waals surface area contributed by atoms with Gasteiger partial charge < -0.3 is 0 Å². The van der Waals surface area contributed by atoms with Crippen molar-refractivity contribution in [3.63, 3.8) is 0 Å². The number of carbonyl (C=O) groups is 2. The first-order valence-electron chi connectivity index (χ1n) is 8.16. The quantitative estimate of drug-likeness (QED) is 0.786. The fourth-order valence-electron chi connectivity index (χ4n) is 4.23. The Bertz CT molecular complexity index is 375. The fourth-order valence-corrected chi connectivity index (χ4v) is 4.23. The van der Waals surface area contributed by atoms with Crippen molar-refractivity contribution in [2.24, 2.45) is 29.1 Å². The van der Waals surface area contributed by atoms with Gasteiger partial charge in [-0.2, -0.15) is 0 Å². The van der Waals surface area contributed by atoms with Crippen LogP contribution in [0.15, 0.2) is 0 Å². The van der Waals surface area contributed by atoms with Gasteiger partial charge in [-0.05, 0) is 55.3 Å². The Balaban J connectivity index is 2.01. The van der Waals surface area contributed by atoms with Crippen LogP contribution in [0.2, 0.25) is 0 Å². The molecule has 1 aliphatic heterocycles. The number of piperidine rings is 1. The van der Waals surface area contributed by atoms with E-state index in [9.17, 15) is 9.59 Å². The highest BCUT2D eigenvalue weighted by Crippen LogP contribution is 2.45. The molecule has 1 N–H and O–H groups in total. The smallest absolute Gasteiger partial charge is 0.229 e. The van der Waals surface area contributed by atoms with Crippen molar-refractivity contribution in [1.29, 1.82) is 0 Å². The zero-order valence-electron chi connectivity index (χ0n) is 13.4. The van der Waals surface area contributed by atoms with E-state index in [0.29, 0.717) is 17.8 Å². The lowest BCUT2D eigenvalue weighted by molar-refractivity contribution is -0.141. The van der Waals surface area contributed by atoms with E-state index in [1.807, 2.05) is 0 Å². The highest BCUT2D eigenvalue weighted by atomic mass is 16.2. The molecule has 2 fully saturated rings. The standard InChI is InChI=1S/C17H29NO2/c1-5-13-14(10-15(19)18-16(13)20)11-6-8-12(9-7-11)17(2,3)4/h11-14H,5-10H2,1-4H3,(H,18,19,20). The second-order valence-corrected chi connectivity index (χ2v) is 7.77. The number of amides is 2. The maximum absolute atomic E-state index is 12.0. The van der Waals surface area contributed by atoms with Gasteiger partial charge in [-0.3, -0.25) is 14.9 Å². The largest absolute Gasteiger partial charge is 0.296 e. The first-order valence-corrected chi connectivity index (χ1v) is 8.16. The molecule has 3 heteroatoms. The normalized spacial score (nSPS) is 35.8. The van der Waals surface area contributed by atoms with Crippen molar-refractivity contribution in [3.05, 3.63) is 0 Å². The van der Waals surface area contributed by atoms with Gasteiger partial charge in [0.25, 0.3) is 0 Å². The Kier molecular flexibility index (Phi) is 4.55. The third kappa shape index (κ3) is 3.24. The van der Waals surface area contributed by atoms with Crippen LogP contribution < -0.4 is 5.32 Å². The van der Waals surface area contributed by atoms with Crippen molar-refractivity contribution < 1.29 is 9.59 Å². The van der Waals surface area contributed by atoms with Crippen LogP contribution in [-0.4, -0.2) is 11.8 Å². The van der Waals surface area contributed by atoms with Crippen LogP contribution in [0.5, 0.6) is 0 Å². The predicted octanol–water partition coefficient (Wildman–Crippen LogP) is 3.53. The molecule has 0 aromatic heterocycles. The molecule has 2 amide bonds. The van der Waals surface area contributed by atoms with Gasteiger partial charge in [0, 0.05) is 12.3 Å². The Labute approximate surface area is 122 Å². The third-order valence-corrected chi connectivity index (χ3v) is 5.58. The highest BCUT2D eigenvalue weighted by Gasteiger charge is 2.41. The summed E-state index contributed by atoms with van der Waals surface area (Å²) in [5.41, 5.74) is 0.384. The van der Waals surface area contributed by atoms with Gasteiger partial charge in [-0.1, -0.05) is 27.7 Å². The molecular formula is C17H29NO2. The molecule has 2 unspecified atom stereocenters. The zero-order chi connectivity index (χ0) is 14.9. The summed E-state index contributed by atoms with van der Waals surface area (Å²) in [6.07, 6.45) is 6.26. The lowest BCUT2D eigenvalue weighted by Gasteiger charge is -2.42. The molecule has 0 spiro atoms. The molecular weight excluding hydrogens is 250 g/mol.